The summed E-state index contributed by atoms with van der Waals surface area (Å²) in [6, 6.07) is 15.4. The van der Waals surface area contributed by atoms with E-state index >= 15 is 0 Å². The van der Waals surface area contributed by atoms with Crippen LogP contribution in [0.3, 0.4) is 0 Å². The molecule has 0 fully saturated rings. The van der Waals surface area contributed by atoms with Gasteiger partial charge in [-0.25, -0.2) is 0 Å². The van der Waals surface area contributed by atoms with E-state index in [1.54, 1.807) is 0 Å². The molecule has 2 aromatic carbocycles. The van der Waals surface area contributed by atoms with Gasteiger partial charge in [0.2, 0.25) is 0 Å². The molecule has 0 aromatic heterocycles. The number of rotatable bonds is 3. The summed E-state index contributed by atoms with van der Waals surface area (Å²) in [4.78, 5) is 0. The van der Waals surface area contributed by atoms with Crippen molar-refractivity contribution in [3.63, 3.8) is 0 Å². The third-order valence-corrected chi connectivity index (χ3v) is 4.47. The maximum Gasteiger partial charge on any atom is 0.00280 e. The van der Waals surface area contributed by atoms with Crippen LogP contribution in [0.1, 0.15) is 35.4 Å². The average molecular weight is 361 g/mol. The van der Waals surface area contributed by atoms with Gasteiger partial charge in [-0.3, -0.25) is 0 Å². The minimum absolute atomic E-state index is 0. The van der Waals surface area contributed by atoms with Crippen LogP contribution in [0.5, 0.6) is 0 Å². The fourth-order valence-electron chi connectivity index (χ4n) is 3.61. The van der Waals surface area contributed by atoms with E-state index in [0.29, 0.717) is 5.92 Å². The topological polar surface area (TPSA) is 0 Å². The molecule has 0 saturated carbocycles. The monoisotopic (exact) mass is 359 g/mol. The van der Waals surface area contributed by atoms with Gasteiger partial charge < -0.3 is 0 Å². The molecule has 22 heavy (non-hydrogen) atoms. The second kappa shape index (κ2) is 6.35. The smallest absolute Gasteiger partial charge is 0.00280 e. The van der Waals surface area contributed by atoms with Gasteiger partial charge in [-0.15, -0.1) is 24.3 Å². The molecule has 1 unspecified atom stereocenters. The van der Waals surface area contributed by atoms with Crippen LogP contribution in [0.4, 0.5) is 0 Å². The van der Waals surface area contributed by atoms with Crippen LogP contribution in [-0.4, -0.2) is 0 Å². The molecule has 0 amide bonds. The Hall–Kier alpha value is -1.46. The molecule has 0 nitrogen and oxygen atoms in total. The molecule has 1 heteroatoms. The molecule has 1 atom stereocenters. The van der Waals surface area contributed by atoms with Crippen molar-refractivity contribution in [1.29, 1.82) is 0 Å². The van der Waals surface area contributed by atoms with Gasteiger partial charge in [0.15, 0.2) is 0 Å². The van der Waals surface area contributed by atoms with Crippen molar-refractivity contribution in [2.45, 2.75) is 18.8 Å². The van der Waals surface area contributed by atoms with Crippen molar-refractivity contribution in [2.75, 3.05) is 0 Å². The fourth-order valence-corrected chi connectivity index (χ4v) is 3.61. The van der Waals surface area contributed by atoms with Gasteiger partial charge in [0.05, 0.1) is 0 Å². The molecule has 0 bridgehead atoms. The van der Waals surface area contributed by atoms with E-state index < -0.39 is 0 Å². The summed E-state index contributed by atoms with van der Waals surface area (Å²) >= 11 is 0. The molecule has 106 valence electrons. The van der Waals surface area contributed by atoms with E-state index in [4.69, 9.17) is 0 Å². The van der Waals surface area contributed by atoms with E-state index in [1.807, 2.05) is 6.08 Å². The quantitative estimate of drug-likeness (QED) is 0.499. The molecule has 0 aliphatic heterocycles. The Bertz CT molecular complexity index is 780. The Morgan fingerprint density at radius 3 is 2.59 bits per heavy atom. The first-order chi connectivity index (χ1) is 10.4. The van der Waals surface area contributed by atoms with Crippen LogP contribution < -0.4 is 0 Å². The zero-order valence-corrected chi connectivity index (χ0v) is 14.9. The molecule has 0 spiro atoms. The first-order valence-electron chi connectivity index (χ1n) is 7.51. The predicted octanol–water partition coefficient (Wildman–Crippen LogP) is 5.52. The first kappa shape index (κ1) is 15.4. The van der Waals surface area contributed by atoms with Crippen LogP contribution in [0.15, 0.2) is 67.3 Å². The zero-order chi connectivity index (χ0) is 14.2. The summed E-state index contributed by atoms with van der Waals surface area (Å²) in [6.07, 6.45) is 11.8. The van der Waals surface area contributed by atoms with Gasteiger partial charge >= 0.3 is 0 Å². The van der Waals surface area contributed by atoms with Crippen molar-refractivity contribution in [3.8, 4) is 11.1 Å². The Kier molecular flexibility index (Phi) is 4.45. The third-order valence-electron chi connectivity index (χ3n) is 4.47. The summed E-state index contributed by atoms with van der Waals surface area (Å²) in [6.45, 7) is 3.96. The van der Waals surface area contributed by atoms with Crippen molar-refractivity contribution in [3.05, 3.63) is 90.0 Å². The van der Waals surface area contributed by atoms with Gasteiger partial charge in [-0.2, -0.15) is 17.7 Å². The Morgan fingerprint density at radius 1 is 1.05 bits per heavy atom. The number of fused-ring (bicyclic) bond motifs is 3. The minimum Gasteiger partial charge on any atom is -0.197 e. The Labute approximate surface area is 151 Å². The predicted molar refractivity (Wildman–Crippen MR) is 88.9 cm³/mol. The fraction of sp³-hybridized carbons (Fsp3) is 0.143. The Morgan fingerprint density at radius 2 is 1.82 bits per heavy atom. The maximum atomic E-state index is 3.96. The molecule has 2 aliphatic carbocycles. The molecular weight excluding hydrogens is 343 g/mol. The van der Waals surface area contributed by atoms with Crippen LogP contribution in [-0.2, 0) is 26.2 Å². The van der Waals surface area contributed by atoms with E-state index in [9.17, 15) is 0 Å². The molecule has 0 saturated heterocycles. The summed E-state index contributed by atoms with van der Waals surface area (Å²) < 4.78 is 0. The number of benzene rings is 2. The standard InChI is InChI=1S/C21H17.Zr/c1-2-8-19-17-11-5-6-12-18(17)20-14-7-13-16(21(19)20)15-9-3-4-10-15;/h2-3,5-7,9,11-14,19H,1,4,8H2;/q-1;. The number of hydrogen-bond acceptors (Lipinski definition) is 0. The van der Waals surface area contributed by atoms with Crippen molar-refractivity contribution in [2.24, 2.45) is 0 Å². The third kappa shape index (κ3) is 2.33. The number of hydrogen-bond donors (Lipinski definition) is 0. The number of allylic oxidation sites excluding steroid dienone is 5. The van der Waals surface area contributed by atoms with Gasteiger partial charge in [0.1, 0.15) is 0 Å². The molecule has 2 aliphatic rings. The maximum absolute atomic E-state index is 3.96. The van der Waals surface area contributed by atoms with Crippen LogP contribution in [0.25, 0.3) is 16.7 Å². The molecular formula is C21H17Zr-. The second-order valence-electron chi connectivity index (χ2n) is 5.63. The van der Waals surface area contributed by atoms with E-state index in [0.717, 1.165) is 12.8 Å². The van der Waals surface area contributed by atoms with E-state index in [1.165, 1.54) is 33.4 Å². The molecule has 2 aromatic rings. The van der Waals surface area contributed by atoms with Gasteiger partial charge in [-0.1, -0.05) is 54.5 Å². The second-order valence-corrected chi connectivity index (χ2v) is 5.63. The van der Waals surface area contributed by atoms with Crippen LogP contribution in [0.2, 0.25) is 0 Å². The molecule has 0 radical (unpaired) electrons. The Balaban J connectivity index is 0.00000144. The molecule has 0 heterocycles. The summed E-state index contributed by atoms with van der Waals surface area (Å²) in [5, 5.41) is 0. The SMILES string of the molecule is C=CCC1c2ccccc2-c2cccc(C3=[C-]CC=C3)c21.[Zr]. The average Bonchev–Trinajstić information content (AvgIpc) is 3.15. The summed E-state index contributed by atoms with van der Waals surface area (Å²) in [5.41, 5.74) is 8.22. The van der Waals surface area contributed by atoms with E-state index in [2.05, 4.69) is 67.3 Å². The largest absolute Gasteiger partial charge is 0.197 e. The van der Waals surface area contributed by atoms with Crippen molar-refractivity contribution >= 4 is 5.57 Å². The van der Waals surface area contributed by atoms with Crippen molar-refractivity contribution < 1.29 is 26.2 Å². The van der Waals surface area contributed by atoms with Gasteiger partial charge in [0, 0.05) is 32.1 Å². The zero-order valence-electron chi connectivity index (χ0n) is 12.5. The summed E-state index contributed by atoms with van der Waals surface area (Å²) in [5.74, 6) is 0.424. The van der Waals surface area contributed by atoms with Crippen LogP contribution >= 0.6 is 0 Å². The molecule has 0 N–H and O–H groups in total. The van der Waals surface area contributed by atoms with Gasteiger partial charge in [0.25, 0.3) is 0 Å². The molecule has 4 rings (SSSR count). The summed E-state index contributed by atoms with van der Waals surface area (Å²) in [7, 11) is 0. The minimum atomic E-state index is 0. The first-order valence-corrected chi connectivity index (χ1v) is 7.51. The van der Waals surface area contributed by atoms with Gasteiger partial charge in [-0.05, 0) is 23.1 Å². The normalized spacial score (nSPS) is 17.5. The van der Waals surface area contributed by atoms with Crippen molar-refractivity contribution in [1.82, 2.24) is 0 Å². The van der Waals surface area contributed by atoms with E-state index in [-0.39, 0.29) is 26.2 Å². The van der Waals surface area contributed by atoms with Crippen LogP contribution in [0, 0.1) is 6.08 Å².